The molecule has 0 amide bonds. The molecule has 0 radical (unpaired) electrons. The number of carbonyl (C=O) groups is 1. The van der Waals surface area contributed by atoms with Gasteiger partial charge in [0.05, 0.1) is 6.61 Å². The van der Waals surface area contributed by atoms with Gasteiger partial charge < -0.3 is 15.4 Å². The van der Waals surface area contributed by atoms with Crippen LogP contribution in [0.1, 0.15) is 20.3 Å². The standard InChI is InChI=1S/C18H22N2O2/c1-3-18(17(21)22-4-2,19-15-11-7-5-8-12-15)20-16-13-9-6-10-14-16/h5-14,19-20H,3-4H2,1-2H3. The Hall–Kier alpha value is -2.49. The molecule has 0 unspecified atom stereocenters. The molecule has 4 nitrogen and oxygen atoms in total. The van der Waals surface area contributed by atoms with E-state index in [1.54, 1.807) is 0 Å². The molecule has 0 bridgehead atoms. The van der Waals surface area contributed by atoms with Crippen molar-refractivity contribution in [1.82, 2.24) is 0 Å². The Balaban J connectivity index is 2.31. The van der Waals surface area contributed by atoms with Crippen molar-refractivity contribution in [1.29, 1.82) is 0 Å². The minimum atomic E-state index is -1.00. The molecule has 2 aromatic rings. The van der Waals surface area contributed by atoms with E-state index in [1.807, 2.05) is 74.5 Å². The summed E-state index contributed by atoms with van der Waals surface area (Å²) in [4.78, 5) is 12.6. The van der Waals surface area contributed by atoms with E-state index in [0.29, 0.717) is 13.0 Å². The molecule has 0 saturated carbocycles. The monoisotopic (exact) mass is 298 g/mol. The molecule has 2 aromatic carbocycles. The first-order valence-electron chi connectivity index (χ1n) is 7.54. The van der Waals surface area contributed by atoms with Gasteiger partial charge in [-0.05, 0) is 37.6 Å². The molecule has 0 atom stereocenters. The Morgan fingerprint density at radius 1 is 0.909 bits per heavy atom. The number of rotatable bonds is 7. The summed E-state index contributed by atoms with van der Waals surface area (Å²) >= 11 is 0. The molecule has 116 valence electrons. The highest BCUT2D eigenvalue weighted by Gasteiger charge is 2.38. The Morgan fingerprint density at radius 2 is 1.36 bits per heavy atom. The number of para-hydroxylation sites is 2. The smallest absolute Gasteiger partial charge is 0.352 e. The van der Waals surface area contributed by atoms with Crippen LogP contribution in [-0.4, -0.2) is 18.2 Å². The van der Waals surface area contributed by atoms with Gasteiger partial charge in [-0.2, -0.15) is 0 Å². The molecule has 0 spiro atoms. The maximum absolute atomic E-state index is 12.6. The minimum Gasteiger partial charge on any atom is -0.463 e. The molecule has 22 heavy (non-hydrogen) atoms. The van der Waals surface area contributed by atoms with Crippen molar-refractivity contribution in [3.8, 4) is 0 Å². The Kier molecular flexibility index (Phi) is 5.42. The molecule has 2 N–H and O–H groups in total. The lowest BCUT2D eigenvalue weighted by Crippen LogP contribution is -2.53. The zero-order valence-electron chi connectivity index (χ0n) is 13.0. The molecule has 0 heterocycles. The second kappa shape index (κ2) is 7.50. The molecule has 0 aliphatic carbocycles. The van der Waals surface area contributed by atoms with Gasteiger partial charge in [-0.25, -0.2) is 4.79 Å². The van der Waals surface area contributed by atoms with Crippen LogP contribution in [0.4, 0.5) is 11.4 Å². The van der Waals surface area contributed by atoms with Crippen molar-refractivity contribution in [2.75, 3.05) is 17.2 Å². The number of esters is 1. The third kappa shape index (κ3) is 3.79. The van der Waals surface area contributed by atoms with Gasteiger partial charge in [-0.15, -0.1) is 0 Å². The molecule has 4 heteroatoms. The van der Waals surface area contributed by atoms with Gasteiger partial charge in [0.1, 0.15) is 0 Å². The summed E-state index contributed by atoms with van der Waals surface area (Å²) in [5.74, 6) is -0.315. The van der Waals surface area contributed by atoms with E-state index in [0.717, 1.165) is 11.4 Å². The number of hydrogen-bond acceptors (Lipinski definition) is 4. The minimum absolute atomic E-state index is 0.315. The second-order valence-electron chi connectivity index (χ2n) is 4.96. The third-order valence-electron chi connectivity index (χ3n) is 3.42. The summed E-state index contributed by atoms with van der Waals surface area (Å²) in [6, 6.07) is 19.3. The summed E-state index contributed by atoms with van der Waals surface area (Å²) in [6.07, 6.45) is 0.537. The first-order chi connectivity index (χ1) is 10.7. The van der Waals surface area contributed by atoms with Crippen LogP contribution < -0.4 is 10.6 Å². The van der Waals surface area contributed by atoms with E-state index in [2.05, 4.69) is 10.6 Å². The molecule has 0 aliphatic rings. The van der Waals surface area contributed by atoms with Gasteiger partial charge in [0.25, 0.3) is 0 Å². The second-order valence-corrected chi connectivity index (χ2v) is 4.96. The average molecular weight is 298 g/mol. The van der Waals surface area contributed by atoms with Crippen molar-refractivity contribution < 1.29 is 9.53 Å². The highest BCUT2D eigenvalue weighted by Crippen LogP contribution is 2.23. The van der Waals surface area contributed by atoms with Crippen molar-refractivity contribution in [3.63, 3.8) is 0 Å². The summed E-state index contributed by atoms with van der Waals surface area (Å²) in [7, 11) is 0. The van der Waals surface area contributed by atoms with Crippen LogP contribution in [0.3, 0.4) is 0 Å². The van der Waals surface area contributed by atoms with Crippen molar-refractivity contribution in [3.05, 3.63) is 60.7 Å². The fourth-order valence-corrected chi connectivity index (χ4v) is 2.24. The third-order valence-corrected chi connectivity index (χ3v) is 3.42. The Morgan fingerprint density at radius 3 is 1.73 bits per heavy atom. The lowest BCUT2D eigenvalue weighted by atomic mass is 10.1. The lowest BCUT2D eigenvalue weighted by molar-refractivity contribution is -0.147. The maximum Gasteiger partial charge on any atom is 0.352 e. The number of carbonyl (C=O) groups excluding carboxylic acids is 1. The van der Waals surface area contributed by atoms with Gasteiger partial charge in [-0.1, -0.05) is 43.3 Å². The topological polar surface area (TPSA) is 50.4 Å². The predicted molar refractivity (Wildman–Crippen MR) is 89.8 cm³/mol. The SMILES string of the molecule is CCOC(=O)C(CC)(Nc1ccccc1)Nc1ccccc1. The van der Waals surface area contributed by atoms with Crippen LogP contribution in [-0.2, 0) is 9.53 Å². The normalized spacial score (nSPS) is 10.8. The highest BCUT2D eigenvalue weighted by atomic mass is 16.5. The van der Waals surface area contributed by atoms with Gasteiger partial charge in [0.15, 0.2) is 0 Å². The zero-order chi connectivity index (χ0) is 15.8. The molecule has 0 saturated heterocycles. The molecular formula is C18H22N2O2. The predicted octanol–water partition coefficient (Wildman–Crippen LogP) is 3.88. The fraction of sp³-hybridized carbons (Fsp3) is 0.278. The van der Waals surface area contributed by atoms with Crippen LogP contribution >= 0.6 is 0 Å². The lowest BCUT2D eigenvalue weighted by Gasteiger charge is -2.34. The Labute approximate surface area is 131 Å². The van der Waals surface area contributed by atoms with E-state index in [4.69, 9.17) is 4.74 Å². The van der Waals surface area contributed by atoms with Gasteiger partial charge in [0.2, 0.25) is 5.66 Å². The van der Waals surface area contributed by atoms with E-state index in [-0.39, 0.29) is 5.97 Å². The van der Waals surface area contributed by atoms with E-state index in [9.17, 15) is 4.79 Å². The quantitative estimate of drug-likeness (QED) is 0.601. The molecule has 2 rings (SSSR count). The van der Waals surface area contributed by atoms with Crippen LogP contribution in [0, 0.1) is 0 Å². The number of hydrogen-bond donors (Lipinski definition) is 2. The number of ether oxygens (including phenoxy) is 1. The first-order valence-corrected chi connectivity index (χ1v) is 7.54. The Bertz CT molecular complexity index is 543. The van der Waals surface area contributed by atoms with Crippen LogP contribution in [0.5, 0.6) is 0 Å². The van der Waals surface area contributed by atoms with Crippen molar-refractivity contribution in [2.45, 2.75) is 25.9 Å². The fourth-order valence-electron chi connectivity index (χ4n) is 2.24. The number of nitrogens with one attached hydrogen (secondary N) is 2. The molecule has 0 fully saturated rings. The number of anilines is 2. The van der Waals surface area contributed by atoms with E-state index in [1.165, 1.54) is 0 Å². The maximum atomic E-state index is 12.6. The summed E-state index contributed by atoms with van der Waals surface area (Å²) in [6.45, 7) is 4.10. The summed E-state index contributed by atoms with van der Waals surface area (Å²) in [5, 5.41) is 6.58. The highest BCUT2D eigenvalue weighted by molar-refractivity contribution is 5.87. The number of benzene rings is 2. The van der Waals surface area contributed by atoms with E-state index < -0.39 is 5.66 Å². The van der Waals surface area contributed by atoms with Crippen LogP contribution in [0.25, 0.3) is 0 Å². The largest absolute Gasteiger partial charge is 0.463 e. The zero-order valence-corrected chi connectivity index (χ0v) is 13.0. The molecular weight excluding hydrogens is 276 g/mol. The van der Waals surface area contributed by atoms with Crippen molar-refractivity contribution >= 4 is 17.3 Å². The van der Waals surface area contributed by atoms with E-state index >= 15 is 0 Å². The first kappa shape index (κ1) is 15.9. The molecule has 0 aromatic heterocycles. The summed E-state index contributed by atoms with van der Waals surface area (Å²) in [5.41, 5.74) is 0.722. The van der Waals surface area contributed by atoms with Crippen molar-refractivity contribution in [2.24, 2.45) is 0 Å². The van der Waals surface area contributed by atoms with Gasteiger partial charge >= 0.3 is 5.97 Å². The van der Waals surface area contributed by atoms with Crippen LogP contribution in [0.15, 0.2) is 60.7 Å². The average Bonchev–Trinajstić information content (AvgIpc) is 2.56. The van der Waals surface area contributed by atoms with Gasteiger partial charge in [-0.3, -0.25) is 0 Å². The van der Waals surface area contributed by atoms with Crippen LogP contribution in [0.2, 0.25) is 0 Å². The van der Waals surface area contributed by atoms with Gasteiger partial charge in [0, 0.05) is 11.4 Å². The summed E-state index contributed by atoms with van der Waals surface area (Å²) < 4.78 is 5.28. The molecule has 0 aliphatic heterocycles.